The number of carbonyl (C=O) groups is 1. The fourth-order valence-electron chi connectivity index (χ4n) is 3.50. The van der Waals surface area contributed by atoms with Crippen LogP contribution in [0, 0.1) is 0 Å². The maximum absolute atomic E-state index is 12.5. The van der Waals surface area contributed by atoms with E-state index < -0.39 is 0 Å². The maximum Gasteiger partial charge on any atom is 0.335 e. The van der Waals surface area contributed by atoms with Gasteiger partial charge in [-0.2, -0.15) is 0 Å². The molecule has 0 amide bonds. The summed E-state index contributed by atoms with van der Waals surface area (Å²) in [6.45, 7) is 8.50. The molecule has 0 fully saturated rings. The average Bonchev–Trinajstić information content (AvgIpc) is 3.05. The third-order valence-electron chi connectivity index (χ3n) is 4.93. The predicted molar refractivity (Wildman–Crippen MR) is 109 cm³/mol. The first-order chi connectivity index (χ1) is 13.1. The number of allylic oxidation sites excluding steroid dienone is 1. The van der Waals surface area contributed by atoms with E-state index in [2.05, 4.69) is 11.5 Å². The number of rotatable bonds is 6. The predicted octanol–water partition coefficient (Wildman–Crippen LogP) is 4.82. The smallest absolute Gasteiger partial charge is 0.335 e. The summed E-state index contributed by atoms with van der Waals surface area (Å²) in [7, 11) is 1.65. The molecule has 1 aliphatic rings. The Morgan fingerprint density at radius 1 is 1.15 bits per heavy atom. The van der Waals surface area contributed by atoms with Crippen LogP contribution in [-0.4, -0.2) is 25.7 Å². The molecule has 0 radical (unpaired) electrons. The lowest BCUT2D eigenvalue weighted by molar-refractivity contribution is -0.138. The molecule has 140 valence electrons. The lowest BCUT2D eigenvalue weighted by atomic mass is 9.96. The third kappa shape index (κ3) is 3.75. The van der Waals surface area contributed by atoms with Gasteiger partial charge in [-0.05, 0) is 49.2 Å². The Morgan fingerprint density at radius 3 is 2.41 bits per heavy atom. The van der Waals surface area contributed by atoms with Crippen LogP contribution in [0.1, 0.15) is 25.8 Å². The van der Waals surface area contributed by atoms with E-state index in [0.29, 0.717) is 18.6 Å². The average molecular weight is 363 g/mol. The van der Waals surface area contributed by atoms with Gasteiger partial charge in [0.25, 0.3) is 0 Å². The quantitative estimate of drug-likeness (QED) is 0.690. The maximum atomic E-state index is 12.5. The van der Waals surface area contributed by atoms with Gasteiger partial charge in [0.2, 0.25) is 0 Å². The van der Waals surface area contributed by atoms with Gasteiger partial charge in [0.1, 0.15) is 5.75 Å². The first-order valence-corrected chi connectivity index (χ1v) is 9.11. The number of hydrogen-bond donors (Lipinski definition) is 0. The Labute approximate surface area is 160 Å². The first-order valence-electron chi connectivity index (χ1n) is 9.11. The molecule has 0 N–H and O–H groups in total. The van der Waals surface area contributed by atoms with Crippen LogP contribution in [-0.2, 0) is 9.53 Å². The number of ether oxygens (including phenoxy) is 2. The molecule has 0 saturated carbocycles. The Bertz CT molecular complexity index is 853. The number of hydrogen-bond acceptors (Lipinski definition) is 4. The van der Waals surface area contributed by atoms with Crippen LogP contribution < -0.4 is 9.64 Å². The Balaban J connectivity index is 2.00. The van der Waals surface area contributed by atoms with Crippen LogP contribution in [0.15, 0.2) is 72.4 Å². The minimum atomic E-state index is -0.253. The highest BCUT2D eigenvalue weighted by molar-refractivity contribution is 5.93. The van der Waals surface area contributed by atoms with Crippen LogP contribution in [0.5, 0.6) is 5.75 Å². The zero-order chi connectivity index (χ0) is 19.4. The molecule has 27 heavy (non-hydrogen) atoms. The van der Waals surface area contributed by atoms with Gasteiger partial charge in [0, 0.05) is 17.8 Å². The molecule has 0 spiro atoms. The van der Waals surface area contributed by atoms with E-state index in [9.17, 15) is 4.79 Å². The largest absolute Gasteiger partial charge is 0.497 e. The van der Waals surface area contributed by atoms with Gasteiger partial charge in [-0.15, -0.1) is 0 Å². The summed E-state index contributed by atoms with van der Waals surface area (Å²) in [6, 6.07) is 17.9. The van der Waals surface area contributed by atoms with Gasteiger partial charge in [-0.1, -0.05) is 36.9 Å². The van der Waals surface area contributed by atoms with Crippen molar-refractivity contribution in [2.45, 2.75) is 26.3 Å². The van der Waals surface area contributed by atoms with Gasteiger partial charge >= 0.3 is 5.97 Å². The summed E-state index contributed by atoms with van der Waals surface area (Å²) < 4.78 is 10.5. The fraction of sp³-hybridized carbons (Fsp3) is 0.261. The molecular formula is C23H25NO3. The summed E-state index contributed by atoms with van der Waals surface area (Å²) in [5, 5.41) is 0. The zero-order valence-corrected chi connectivity index (χ0v) is 16.1. The van der Waals surface area contributed by atoms with Crippen molar-refractivity contribution in [1.82, 2.24) is 0 Å². The van der Waals surface area contributed by atoms with Crippen molar-refractivity contribution in [3.8, 4) is 5.75 Å². The molecule has 2 aromatic carbocycles. The van der Waals surface area contributed by atoms with Crippen molar-refractivity contribution in [1.29, 1.82) is 0 Å². The highest BCUT2D eigenvalue weighted by Gasteiger charge is 2.36. The van der Waals surface area contributed by atoms with Gasteiger partial charge in [0.15, 0.2) is 0 Å². The molecule has 4 heteroatoms. The van der Waals surface area contributed by atoms with Crippen LogP contribution in [0.4, 0.5) is 5.69 Å². The molecule has 0 aliphatic carbocycles. The summed E-state index contributed by atoms with van der Waals surface area (Å²) in [6.07, 6.45) is 0.574. The van der Waals surface area contributed by atoms with E-state index in [1.165, 1.54) is 0 Å². The summed E-state index contributed by atoms with van der Waals surface area (Å²) in [5.74, 6) is 0.542. The first kappa shape index (κ1) is 18.8. The SMILES string of the molecule is C=C(c1ccccc1)C1CC(C(=O)OCC)=C(C)N1c1ccc(OC)cc1. The standard InChI is InChI=1S/C23H25NO3/c1-5-27-23(25)21-15-22(16(2)18-9-7-6-8-10-18)24(17(21)3)19-11-13-20(26-4)14-12-19/h6-14,22H,2,5,15H2,1,3-4H3. The zero-order valence-electron chi connectivity index (χ0n) is 16.1. The summed E-state index contributed by atoms with van der Waals surface area (Å²) in [4.78, 5) is 14.6. The van der Waals surface area contributed by atoms with Crippen molar-refractivity contribution >= 4 is 17.2 Å². The number of esters is 1. The Hall–Kier alpha value is -3.01. The van der Waals surface area contributed by atoms with Crippen LogP contribution in [0.2, 0.25) is 0 Å². The van der Waals surface area contributed by atoms with Gasteiger partial charge in [-0.3, -0.25) is 0 Å². The van der Waals surface area contributed by atoms with Gasteiger partial charge in [-0.25, -0.2) is 4.79 Å². The van der Waals surface area contributed by atoms with Crippen LogP contribution in [0.3, 0.4) is 0 Å². The minimum Gasteiger partial charge on any atom is -0.497 e. The van der Waals surface area contributed by atoms with Crippen molar-refractivity contribution in [2.75, 3.05) is 18.6 Å². The number of anilines is 1. The van der Waals surface area contributed by atoms with Crippen molar-refractivity contribution < 1.29 is 14.3 Å². The van der Waals surface area contributed by atoms with Gasteiger partial charge < -0.3 is 14.4 Å². The van der Waals surface area contributed by atoms with Gasteiger partial charge in [0.05, 0.1) is 25.3 Å². The summed E-state index contributed by atoms with van der Waals surface area (Å²) in [5.41, 5.74) is 4.65. The Kier molecular flexibility index (Phi) is 5.65. The molecule has 0 bridgehead atoms. The van der Waals surface area contributed by atoms with Crippen molar-refractivity contribution in [3.63, 3.8) is 0 Å². The number of carbonyl (C=O) groups excluding carboxylic acids is 1. The second-order valence-corrected chi connectivity index (χ2v) is 6.46. The minimum absolute atomic E-state index is 0.0415. The van der Waals surface area contributed by atoms with E-state index in [1.54, 1.807) is 7.11 Å². The molecule has 3 rings (SSSR count). The molecular weight excluding hydrogens is 338 g/mol. The van der Waals surface area contributed by atoms with Crippen molar-refractivity contribution in [2.24, 2.45) is 0 Å². The second kappa shape index (κ2) is 8.12. The van der Waals surface area contributed by atoms with Crippen LogP contribution >= 0.6 is 0 Å². The third-order valence-corrected chi connectivity index (χ3v) is 4.93. The lowest BCUT2D eigenvalue weighted by Gasteiger charge is -2.30. The van der Waals surface area contributed by atoms with Crippen LogP contribution in [0.25, 0.3) is 5.57 Å². The molecule has 1 heterocycles. The molecule has 1 atom stereocenters. The molecule has 1 aliphatic heterocycles. The normalized spacial score (nSPS) is 16.4. The van der Waals surface area contributed by atoms with Crippen molar-refractivity contribution in [3.05, 3.63) is 78.0 Å². The summed E-state index contributed by atoms with van der Waals surface area (Å²) >= 11 is 0. The lowest BCUT2D eigenvalue weighted by Crippen LogP contribution is -2.29. The number of methoxy groups -OCH3 is 1. The molecule has 1 unspecified atom stereocenters. The molecule has 2 aromatic rings. The van der Waals surface area contributed by atoms with E-state index in [4.69, 9.17) is 9.47 Å². The molecule has 4 nitrogen and oxygen atoms in total. The molecule has 0 saturated heterocycles. The molecule has 0 aromatic heterocycles. The second-order valence-electron chi connectivity index (χ2n) is 6.46. The monoisotopic (exact) mass is 363 g/mol. The van der Waals surface area contributed by atoms with E-state index in [-0.39, 0.29) is 12.0 Å². The fourth-order valence-corrected chi connectivity index (χ4v) is 3.50. The van der Waals surface area contributed by atoms with E-state index in [0.717, 1.165) is 28.3 Å². The number of nitrogens with zero attached hydrogens (tertiary/aromatic N) is 1. The van der Waals surface area contributed by atoms with E-state index in [1.807, 2.05) is 68.4 Å². The highest BCUT2D eigenvalue weighted by Crippen LogP contribution is 2.40. The number of benzene rings is 2. The topological polar surface area (TPSA) is 38.8 Å². The van der Waals surface area contributed by atoms with E-state index >= 15 is 0 Å². The highest BCUT2D eigenvalue weighted by atomic mass is 16.5. The Morgan fingerprint density at radius 2 is 1.81 bits per heavy atom.